The van der Waals surface area contributed by atoms with Crippen molar-refractivity contribution in [3.05, 3.63) is 30.1 Å². The van der Waals surface area contributed by atoms with E-state index in [1.165, 1.54) is 0 Å². The van der Waals surface area contributed by atoms with Gasteiger partial charge in [-0.2, -0.15) is 0 Å². The molecule has 5 rings (SSSR count). The second-order valence-electron chi connectivity index (χ2n) is 7.50. The standard InChI is InChI=1S/C19H24N4O3/c24-17(15-5-7-20-8-6-15)22-11-14-3-4-16(13-22)23(12-14)19(26)18(25)21-9-1-2-10-21/h5-8,14,16H,1-4,9-13H2/t14-,16+/m0/s1. The highest BCUT2D eigenvalue weighted by atomic mass is 16.2. The molecule has 4 fully saturated rings. The van der Waals surface area contributed by atoms with Gasteiger partial charge in [-0.25, -0.2) is 0 Å². The molecule has 4 aliphatic rings. The Morgan fingerprint density at radius 1 is 0.885 bits per heavy atom. The van der Waals surface area contributed by atoms with Crippen molar-refractivity contribution in [3.63, 3.8) is 0 Å². The van der Waals surface area contributed by atoms with Crippen LogP contribution in [-0.4, -0.2) is 76.2 Å². The fraction of sp³-hybridized carbons (Fsp3) is 0.579. The summed E-state index contributed by atoms with van der Waals surface area (Å²) in [6.07, 6.45) is 7.02. The fourth-order valence-corrected chi connectivity index (χ4v) is 4.35. The van der Waals surface area contributed by atoms with Crippen molar-refractivity contribution >= 4 is 17.7 Å². The maximum Gasteiger partial charge on any atom is 0.312 e. The lowest BCUT2D eigenvalue weighted by Gasteiger charge is -2.36. The molecule has 0 aromatic carbocycles. The first-order chi connectivity index (χ1) is 12.6. The number of nitrogens with zero attached hydrogens (tertiary/aromatic N) is 4. The third kappa shape index (κ3) is 3.18. The topological polar surface area (TPSA) is 73.8 Å². The number of fused-ring (bicyclic) bond motifs is 4. The molecule has 0 saturated carbocycles. The van der Waals surface area contributed by atoms with Crippen LogP contribution in [-0.2, 0) is 9.59 Å². The Bertz CT molecular complexity index is 702. The van der Waals surface area contributed by atoms with E-state index in [2.05, 4.69) is 4.98 Å². The fourth-order valence-electron chi connectivity index (χ4n) is 4.35. The zero-order valence-electron chi connectivity index (χ0n) is 14.8. The Kier molecular flexibility index (Phi) is 4.61. The van der Waals surface area contributed by atoms with Crippen molar-refractivity contribution in [3.8, 4) is 0 Å². The Hall–Kier alpha value is -2.44. The number of piperidine rings is 1. The Morgan fingerprint density at radius 2 is 1.62 bits per heavy atom. The van der Waals surface area contributed by atoms with Gasteiger partial charge in [-0.3, -0.25) is 19.4 Å². The number of pyridine rings is 1. The number of hydrogen-bond acceptors (Lipinski definition) is 4. The van der Waals surface area contributed by atoms with Crippen LogP contribution in [0.1, 0.15) is 36.0 Å². The Labute approximate surface area is 153 Å². The van der Waals surface area contributed by atoms with Gasteiger partial charge >= 0.3 is 11.8 Å². The SMILES string of the molecule is O=C(C(=O)N1C[C@H]2CC[C@@H]1CN(C(=O)c1ccncc1)C2)N1CCCC1. The molecule has 0 aliphatic carbocycles. The lowest BCUT2D eigenvalue weighted by molar-refractivity contribution is -0.153. The van der Waals surface area contributed by atoms with Gasteiger partial charge in [-0.15, -0.1) is 0 Å². The molecule has 138 valence electrons. The van der Waals surface area contributed by atoms with Gasteiger partial charge in [0.1, 0.15) is 0 Å². The highest BCUT2D eigenvalue weighted by Crippen LogP contribution is 2.29. The number of aromatic nitrogens is 1. The van der Waals surface area contributed by atoms with Gasteiger partial charge < -0.3 is 14.7 Å². The van der Waals surface area contributed by atoms with Crippen molar-refractivity contribution in [2.45, 2.75) is 31.7 Å². The highest BCUT2D eigenvalue weighted by Gasteiger charge is 2.41. The van der Waals surface area contributed by atoms with Crippen LogP contribution in [0.5, 0.6) is 0 Å². The first kappa shape index (κ1) is 17.0. The molecule has 2 atom stereocenters. The van der Waals surface area contributed by atoms with Crippen molar-refractivity contribution in [1.29, 1.82) is 0 Å². The van der Waals surface area contributed by atoms with Gasteiger partial charge in [0.2, 0.25) is 0 Å². The van der Waals surface area contributed by atoms with E-state index in [4.69, 9.17) is 0 Å². The normalized spacial score (nSPS) is 25.3. The molecule has 2 bridgehead atoms. The van der Waals surface area contributed by atoms with E-state index in [-0.39, 0.29) is 29.7 Å². The first-order valence-corrected chi connectivity index (χ1v) is 9.42. The molecule has 1 aromatic rings. The van der Waals surface area contributed by atoms with E-state index in [1.54, 1.807) is 34.3 Å². The predicted octanol–water partition coefficient (Wildman–Crippen LogP) is 0.767. The van der Waals surface area contributed by atoms with Crippen LogP contribution >= 0.6 is 0 Å². The van der Waals surface area contributed by atoms with Crippen LogP contribution in [0.4, 0.5) is 0 Å². The summed E-state index contributed by atoms with van der Waals surface area (Å²) in [5.74, 6) is -0.554. The smallest absolute Gasteiger partial charge is 0.312 e. The summed E-state index contributed by atoms with van der Waals surface area (Å²) in [5, 5.41) is 0. The molecular weight excluding hydrogens is 332 g/mol. The molecule has 5 heterocycles. The van der Waals surface area contributed by atoms with Gasteiger partial charge in [0.25, 0.3) is 5.91 Å². The molecule has 1 aromatic heterocycles. The quantitative estimate of drug-likeness (QED) is 0.697. The van der Waals surface area contributed by atoms with Crippen LogP contribution in [0.25, 0.3) is 0 Å². The number of hydrogen-bond donors (Lipinski definition) is 0. The summed E-state index contributed by atoms with van der Waals surface area (Å²) >= 11 is 0. The second kappa shape index (κ2) is 7.05. The summed E-state index contributed by atoms with van der Waals surface area (Å²) in [5.41, 5.74) is 0.618. The van der Waals surface area contributed by atoms with E-state index < -0.39 is 0 Å². The molecule has 7 nitrogen and oxygen atoms in total. The highest BCUT2D eigenvalue weighted by molar-refractivity contribution is 6.35. The van der Waals surface area contributed by atoms with E-state index >= 15 is 0 Å². The maximum absolute atomic E-state index is 12.8. The average Bonchev–Trinajstić information content (AvgIpc) is 3.07. The van der Waals surface area contributed by atoms with E-state index in [0.29, 0.717) is 38.3 Å². The number of carbonyl (C=O) groups is 3. The zero-order valence-corrected chi connectivity index (χ0v) is 14.8. The van der Waals surface area contributed by atoms with Gasteiger partial charge in [0.05, 0.1) is 0 Å². The van der Waals surface area contributed by atoms with E-state index in [1.807, 2.05) is 4.90 Å². The minimum atomic E-state index is -0.389. The molecule has 0 radical (unpaired) electrons. The van der Waals surface area contributed by atoms with Crippen LogP contribution in [0.15, 0.2) is 24.5 Å². The third-order valence-electron chi connectivity index (χ3n) is 5.77. The third-order valence-corrected chi connectivity index (χ3v) is 5.77. The number of carbonyl (C=O) groups excluding carboxylic acids is 3. The van der Waals surface area contributed by atoms with Gasteiger partial charge in [-0.1, -0.05) is 0 Å². The maximum atomic E-state index is 12.8. The van der Waals surface area contributed by atoms with Gasteiger partial charge in [-0.05, 0) is 43.7 Å². The lowest BCUT2D eigenvalue weighted by Crippen LogP contribution is -2.53. The molecule has 4 aliphatic heterocycles. The largest absolute Gasteiger partial charge is 0.336 e. The molecular formula is C19H24N4O3. The van der Waals surface area contributed by atoms with Crippen molar-refractivity contribution in [1.82, 2.24) is 19.7 Å². The predicted molar refractivity (Wildman–Crippen MR) is 94.2 cm³/mol. The van der Waals surface area contributed by atoms with E-state index in [0.717, 1.165) is 25.7 Å². The van der Waals surface area contributed by atoms with Crippen molar-refractivity contribution < 1.29 is 14.4 Å². The minimum absolute atomic E-state index is 0.0236. The van der Waals surface area contributed by atoms with Crippen LogP contribution < -0.4 is 0 Å². The Morgan fingerprint density at radius 3 is 2.35 bits per heavy atom. The summed E-state index contributed by atoms with van der Waals surface area (Å²) in [6, 6.07) is 3.36. The summed E-state index contributed by atoms with van der Waals surface area (Å²) in [7, 11) is 0. The molecule has 0 unspecified atom stereocenters. The molecule has 4 saturated heterocycles. The molecule has 26 heavy (non-hydrogen) atoms. The average molecular weight is 356 g/mol. The second-order valence-corrected chi connectivity index (χ2v) is 7.50. The van der Waals surface area contributed by atoms with Crippen molar-refractivity contribution in [2.24, 2.45) is 5.92 Å². The first-order valence-electron chi connectivity index (χ1n) is 9.42. The van der Waals surface area contributed by atoms with Crippen LogP contribution in [0, 0.1) is 5.92 Å². The molecule has 0 N–H and O–H groups in total. The molecule has 3 amide bonds. The van der Waals surface area contributed by atoms with E-state index in [9.17, 15) is 14.4 Å². The number of amides is 3. The summed E-state index contributed by atoms with van der Waals surface area (Å²) in [6.45, 7) is 3.07. The number of rotatable bonds is 1. The summed E-state index contributed by atoms with van der Waals surface area (Å²) in [4.78, 5) is 47.3. The summed E-state index contributed by atoms with van der Waals surface area (Å²) < 4.78 is 0. The van der Waals surface area contributed by atoms with Crippen molar-refractivity contribution in [2.75, 3.05) is 32.7 Å². The zero-order chi connectivity index (χ0) is 18.1. The van der Waals surface area contributed by atoms with Crippen LogP contribution in [0.2, 0.25) is 0 Å². The monoisotopic (exact) mass is 356 g/mol. The van der Waals surface area contributed by atoms with Gasteiger partial charge in [0, 0.05) is 56.7 Å². The lowest BCUT2D eigenvalue weighted by atomic mass is 9.95. The minimum Gasteiger partial charge on any atom is -0.336 e. The van der Waals surface area contributed by atoms with Gasteiger partial charge in [0.15, 0.2) is 0 Å². The molecule has 7 heteroatoms. The number of likely N-dealkylation sites (tertiary alicyclic amines) is 1. The Balaban J connectivity index is 1.49. The van der Waals surface area contributed by atoms with Crippen LogP contribution in [0.3, 0.4) is 0 Å². The molecule has 0 spiro atoms.